The molecule has 0 aliphatic carbocycles. The molecular weight excluding hydrogens is 229 g/mol. The Kier molecular flexibility index (Phi) is 4.26. The molecular formula is C9H16ClF3N2. The number of alkyl halides is 3. The third-order valence-corrected chi connectivity index (χ3v) is 3.14. The van der Waals surface area contributed by atoms with Gasteiger partial charge in [-0.1, -0.05) is 0 Å². The Morgan fingerprint density at radius 3 is 2.67 bits per heavy atom. The van der Waals surface area contributed by atoms with Crippen molar-refractivity contribution in [2.45, 2.75) is 25.1 Å². The van der Waals surface area contributed by atoms with E-state index in [9.17, 15) is 13.2 Å². The topological polar surface area (TPSA) is 15.3 Å². The molecule has 2 aliphatic heterocycles. The highest BCUT2D eigenvalue weighted by Gasteiger charge is 2.37. The Morgan fingerprint density at radius 2 is 2.00 bits per heavy atom. The lowest BCUT2D eigenvalue weighted by Gasteiger charge is -2.35. The lowest BCUT2D eigenvalue weighted by Crippen LogP contribution is -2.47. The maximum Gasteiger partial charge on any atom is 0.401 e. The highest BCUT2D eigenvalue weighted by molar-refractivity contribution is 5.85. The van der Waals surface area contributed by atoms with Crippen LogP contribution in [0.3, 0.4) is 0 Å². The zero-order valence-electron chi connectivity index (χ0n) is 8.39. The fourth-order valence-electron chi connectivity index (χ4n) is 2.52. The van der Waals surface area contributed by atoms with Gasteiger partial charge in [-0.05, 0) is 31.8 Å². The first-order valence-corrected chi connectivity index (χ1v) is 5.07. The molecule has 0 radical (unpaired) electrons. The third kappa shape index (κ3) is 3.50. The quantitative estimate of drug-likeness (QED) is 0.755. The van der Waals surface area contributed by atoms with Gasteiger partial charge in [-0.3, -0.25) is 4.90 Å². The maximum absolute atomic E-state index is 12.1. The highest BCUT2D eigenvalue weighted by Crippen LogP contribution is 2.26. The standard InChI is InChI=1S/C9H15F3N2.ClH/c10-9(11,12)6-14-4-2-8-7(5-14)1-3-13-8;/h7-8,13H,1-6H2;1H. The monoisotopic (exact) mass is 244 g/mol. The zero-order chi connectivity index (χ0) is 10.2. The molecule has 0 aromatic rings. The highest BCUT2D eigenvalue weighted by atomic mass is 35.5. The third-order valence-electron chi connectivity index (χ3n) is 3.14. The molecule has 0 bridgehead atoms. The van der Waals surface area contributed by atoms with Crippen LogP contribution in [0.4, 0.5) is 13.2 Å². The fourth-order valence-corrected chi connectivity index (χ4v) is 2.52. The Balaban J connectivity index is 0.00000112. The predicted octanol–water partition coefficient (Wildman–Crippen LogP) is 1.65. The molecule has 90 valence electrons. The van der Waals surface area contributed by atoms with E-state index < -0.39 is 12.7 Å². The zero-order valence-corrected chi connectivity index (χ0v) is 9.20. The van der Waals surface area contributed by atoms with E-state index in [1.54, 1.807) is 0 Å². The second-order valence-corrected chi connectivity index (χ2v) is 4.25. The maximum atomic E-state index is 12.1. The van der Waals surface area contributed by atoms with E-state index in [0.717, 1.165) is 19.4 Å². The van der Waals surface area contributed by atoms with Crippen molar-refractivity contribution >= 4 is 12.4 Å². The minimum absolute atomic E-state index is 0. The number of nitrogens with one attached hydrogen (secondary N) is 1. The molecule has 2 unspecified atom stereocenters. The van der Waals surface area contributed by atoms with Crippen molar-refractivity contribution in [1.29, 1.82) is 0 Å². The Labute approximate surface area is 93.6 Å². The van der Waals surface area contributed by atoms with Crippen molar-refractivity contribution in [2.24, 2.45) is 5.92 Å². The van der Waals surface area contributed by atoms with Crippen molar-refractivity contribution in [3.05, 3.63) is 0 Å². The van der Waals surface area contributed by atoms with Crippen molar-refractivity contribution in [3.63, 3.8) is 0 Å². The molecule has 0 aromatic carbocycles. The molecule has 2 fully saturated rings. The molecule has 0 spiro atoms. The second-order valence-electron chi connectivity index (χ2n) is 4.25. The SMILES string of the molecule is Cl.FC(F)(F)CN1CCC2NCCC2C1. The first-order valence-electron chi connectivity index (χ1n) is 5.07. The van der Waals surface area contributed by atoms with Crippen LogP contribution < -0.4 is 5.32 Å². The summed E-state index contributed by atoms with van der Waals surface area (Å²) in [6.07, 6.45) is -2.15. The van der Waals surface area contributed by atoms with Gasteiger partial charge < -0.3 is 5.32 Å². The molecule has 2 nitrogen and oxygen atoms in total. The van der Waals surface area contributed by atoms with Crippen LogP contribution >= 0.6 is 12.4 Å². The van der Waals surface area contributed by atoms with Crippen LogP contribution in [-0.4, -0.2) is 43.3 Å². The molecule has 2 rings (SSSR count). The first-order chi connectivity index (χ1) is 6.54. The lowest BCUT2D eigenvalue weighted by molar-refractivity contribution is -0.149. The summed E-state index contributed by atoms with van der Waals surface area (Å²) in [5, 5.41) is 3.33. The molecule has 1 N–H and O–H groups in total. The number of halogens is 4. The molecule has 0 saturated carbocycles. The number of fused-ring (bicyclic) bond motifs is 1. The largest absolute Gasteiger partial charge is 0.401 e. The summed E-state index contributed by atoms with van der Waals surface area (Å²) >= 11 is 0. The minimum atomic E-state index is -4.04. The van der Waals surface area contributed by atoms with Gasteiger partial charge in [0.1, 0.15) is 0 Å². The summed E-state index contributed by atoms with van der Waals surface area (Å²) in [6, 6.07) is 0.472. The number of hydrogen-bond acceptors (Lipinski definition) is 2. The van der Waals surface area contributed by atoms with Crippen LogP contribution in [-0.2, 0) is 0 Å². The summed E-state index contributed by atoms with van der Waals surface area (Å²) < 4.78 is 36.4. The van der Waals surface area contributed by atoms with Crippen molar-refractivity contribution < 1.29 is 13.2 Å². The lowest BCUT2D eigenvalue weighted by atomic mass is 9.93. The van der Waals surface area contributed by atoms with E-state index in [4.69, 9.17) is 0 Å². The average Bonchev–Trinajstić information content (AvgIpc) is 2.47. The van der Waals surface area contributed by atoms with Crippen LogP contribution in [0.15, 0.2) is 0 Å². The molecule has 6 heteroatoms. The summed E-state index contributed by atoms with van der Waals surface area (Å²) in [5.41, 5.74) is 0. The first kappa shape index (κ1) is 13.1. The molecule has 2 atom stereocenters. The van der Waals surface area contributed by atoms with E-state index in [2.05, 4.69) is 5.32 Å². The van der Waals surface area contributed by atoms with Crippen molar-refractivity contribution in [1.82, 2.24) is 10.2 Å². The average molecular weight is 245 g/mol. The smallest absolute Gasteiger partial charge is 0.314 e. The van der Waals surface area contributed by atoms with Gasteiger partial charge in [0.15, 0.2) is 0 Å². The van der Waals surface area contributed by atoms with Crippen LogP contribution in [0.1, 0.15) is 12.8 Å². The van der Waals surface area contributed by atoms with Gasteiger partial charge in [-0.2, -0.15) is 13.2 Å². The van der Waals surface area contributed by atoms with Gasteiger partial charge >= 0.3 is 6.18 Å². The van der Waals surface area contributed by atoms with E-state index in [0.29, 0.717) is 25.0 Å². The Bertz CT molecular complexity index is 210. The number of hydrogen-bond donors (Lipinski definition) is 1. The predicted molar refractivity (Wildman–Crippen MR) is 54.3 cm³/mol. The van der Waals surface area contributed by atoms with Gasteiger partial charge in [0.25, 0.3) is 0 Å². The number of likely N-dealkylation sites (tertiary alicyclic amines) is 1. The summed E-state index contributed by atoms with van der Waals surface area (Å²) in [6.45, 7) is 1.41. The van der Waals surface area contributed by atoms with Gasteiger partial charge in [0.2, 0.25) is 0 Å². The molecule has 2 heterocycles. The fraction of sp³-hybridized carbons (Fsp3) is 1.00. The second kappa shape index (κ2) is 4.89. The van der Waals surface area contributed by atoms with E-state index in [-0.39, 0.29) is 12.4 Å². The molecule has 0 amide bonds. The number of rotatable bonds is 1. The van der Waals surface area contributed by atoms with Crippen LogP contribution in [0, 0.1) is 5.92 Å². The molecule has 2 aliphatic rings. The normalized spacial score (nSPS) is 32.2. The summed E-state index contributed by atoms with van der Waals surface area (Å²) in [5.74, 6) is 0.436. The number of nitrogens with zero attached hydrogens (tertiary/aromatic N) is 1. The van der Waals surface area contributed by atoms with Crippen molar-refractivity contribution in [3.8, 4) is 0 Å². The van der Waals surface area contributed by atoms with Gasteiger partial charge in [-0.15, -0.1) is 12.4 Å². The summed E-state index contributed by atoms with van der Waals surface area (Å²) in [4.78, 5) is 1.54. The molecule has 0 aromatic heterocycles. The van der Waals surface area contributed by atoms with Crippen LogP contribution in [0.2, 0.25) is 0 Å². The van der Waals surface area contributed by atoms with E-state index in [1.807, 2.05) is 0 Å². The van der Waals surface area contributed by atoms with Crippen LogP contribution in [0.25, 0.3) is 0 Å². The molecule has 2 saturated heterocycles. The van der Waals surface area contributed by atoms with Gasteiger partial charge in [-0.25, -0.2) is 0 Å². The Morgan fingerprint density at radius 1 is 1.27 bits per heavy atom. The number of piperidine rings is 1. The van der Waals surface area contributed by atoms with E-state index >= 15 is 0 Å². The minimum Gasteiger partial charge on any atom is -0.314 e. The van der Waals surface area contributed by atoms with Gasteiger partial charge in [0, 0.05) is 12.6 Å². The van der Waals surface area contributed by atoms with E-state index in [1.165, 1.54) is 4.90 Å². The summed E-state index contributed by atoms with van der Waals surface area (Å²) in [7, 11) is 0. The van der Waals surface area contributed by atoms with Crippen LogP contribution in [0.5, 0.6) is 0 Å². The van der Waals surface area contributed by atoms with Gasteiger partial charge in [0.05, 0.1) is 6.54 Å². The Hall–Kier alpha value is -0.0000000000000000416. The van der Waals surface area contributed by atoms with Crippen molar-refractivity contribution in [2.75, 3.05) is 26.2 Å². The molecule has 15 heavy (non-hydrogen) atoms.